The number of rotatable bonds is 3. The van der Waals surface area contributed by atoms with Gasteiger partial charge in [0, 0.05) is 11.4 Å². The van der Waals surface area contributed by atoms with Crippen molar-refractivity contribution in [2.45, 2.75) is 47.0 Å². The van der Waals surface area contributed by atoms with Crippen molar-refractivity contribution < 1.29 is 0 Å². The average molecular weight is 313 g/mol. The first-order chi connectivity index (χ1) is 11.1. The van der Waals surface area contributed by atoms with Gasteiger partial charge >= 0.3 is 0 Å². The molecule has 0 saturated carbocycles. The molecular formula is C21H25B2N. The highest BCUT2D eigenvalue weighted by Gasteiger charge is 2.14. The summed E-state index contributed by atoms with van der Waals surface area (Å²) in [6, 6.07) is 12.4. The third-order valence-electron chi connectivity index (χ3n) is 4.27. The Hall–Kier alpha value is -1.89. The van der Waals surface area contributed by atoms with E-state index in [9.17, 15) is 0 Å². The Labute approximate surface area is 149 Å². The number of allylic oxidation sites excluding steroid dienone is 1. The zero-order chi connectivity index (χ0) is 18.1. The number of anilines is 1. The van der Waals surface area contributed by atoms with Crippen LogP contribution in [0.25, 0.3) is 5.70 Å². The second-order valence-corrected chi connectivity index (χ2v) is 7.61. The fourth-order valence-electron chi connectivity index (χ4n) is 2.65. The lowest BCUT2D eigenvalue weighted by Crippen LogP contribution is -2.19. The molecule has 0 amide bonds. The van der Waals surface area contributed by atoms with Crippen molar-refractivity contribution >= 4 is 38.0 Å². The highest BCUT2D eigenvalue weighted by Crippen LogP contribution is 2.27. The third-order valence-corrected chi connectivity index (χ3v) is 4.27. The molecule has 4 radical (unpaired) electrons. The van der Waals surface area contributed by atoms with E-state index in [1.165, 1.54) is 11.1 Å². The number of benzene rings is 2. The third kappa shape index (κ3) is 4.14. The van der Waals surface area contributed by atoms with E-state index in [-0.39, 0.29) is 5.41 Å². The van der Waals surface area contributed by atoms with E-state index < -0.39 is 0 Å². The predicted molar refractivity (Wildman–Crippen MR) is 109 cm³/mol. The van der Waals surface area contributed by atoms with Crippen LogP contribution in [0, 0.1) is 6.92 Å². The smallest absolute Gasteiger partial charge is 0.114 e. The van der Waals surface area contributed by atoms with Gasteiger partial charge in [0.1, 0.15) is 15.7 Å². The van der Waals surface area contributed by atoms with Crippen LogP contribution in [0.2, 0.25) is 0 Å². The van der Waals surface area contributed by atoms with Crippen molar-refractivity contribution in [2.24, 2.45) is 0 Å². The molecule has 0 unspecified atom stereocenters. The molecule has 0 heterocycles. The van der Waals surface area contributed by atoms with Crippen molar-refractivity contribution in [1.82, 2.24) is 0 Å². The minimum atomic E-state index is 0.149. The molecule has 1 nitrogen and oxygen atoms in total. The Kier molecular flexibility index (Phi) is 5.32. The Morgan fingerprint density at radius 3 is 2.04 bits per heavy atom. The summed E-state index contributed by atoms with van der Waals surface area (Å²) in [5.74, 6) is 0. The molecule has 1 N–H and O–H groups in total. The summed E-state index contributed by atoms with van der Waals surface area (Å²) in [7, 11) is 12.0. The van der Waals surface area contributed by atoms with Crippen LogP contribution in [0.15, 0.2) is 42.0 Å². The van der Waals surface area contributed by atoms with Crippen molar-refractivity contribution in [3.63, 3.8) is 0 Å². The van der Waals surface area contributed by atoms with Gasteiger partial charge in [-0.05, 0) is 48.9 Å². The van der Waals surface area contributed by atoms with E-state index in [2.05, 4.69) is 64.2 Å². The quantitative estimate of drug-likeness (QED) is 0.851. The molecule has 0 fully saturated rings. The van der Waals surface area contributed by atoms with Gasteiger partial charge in [0.05, 0.1) is 0 Å². The van der Waals surface area contributed by atoms with Crippen molar-refractivity contribution in [1.29, 1.82) is 0 Å². The van der Waals surface area contributed by atoms with Crippen LogP contribution in [0.1, 0.15) is 51.3 Å². The summed E-state index contributed by atoms with van der Waals surface area (Å²) in [6.07, 6.45) is 0. The normalized spacial score (nSPS) is 11.2. The largest absolute Gasteiger partial charge is 0.355 e. The zero-order valence-corrected chi connectivity index (χ0v) is 15.6. The molecule has 2 rings (SSSR count). The van der Waals surface area contributed by atoms with Gasteiger partial charge in [-0.25, -0.2) is 0 Å². The standard InChI is InChI=1S/C21H25B2N/c1-13(2)20(15-7-9-16(10-8-15)21(4,5)6)24-19-12-17(22)11-18(23)14(19)3/h7-12,24H,1-6H3. The summed E-state index contributed by atoms with van der Waals surface area (Å²) in [5.41, 5.74) is 8.24. The van der Waals surface area contributed by atoms with Crippen LogP contribution >= 0.6 is 0 Å². The van der Waals surface area contributed by atoms with E-state index in [1.807, 2.05) is 13.0 Å². The first-order valence-electron chi connectivity index (χ1n) is 8.30. The van der Waals surface area contributed by atoms with Crippen molar-refractivity contribution in [2.75, 3.05) is 5.32 Å². The van der Waals surface area contributed by atoms with Gasteiger partial charge in [-0.2, -0.15) is 0 Å². The molecule has 0 atom stereocenters. The fraction of sp³-hybridized carbons (Fsp3) is 0.333. The second kappa shape index (κ2) is 6.93. The topological polar surface area (TPSA) is 12.0 Å². The Balaban J connectivity index is 2.41. The highest BCUT2D eigenvalue weighted by molar-refractivity contribution is 6.39. The Morgan fingerprint density at radius 2 is 1.54 bits per heavy atom. The van der Waals surface area contributed by atoms with Gasteiger partial charge in [-0.15, -0.1) is 0 Å². The first-order valence-corrected chi connectivity index (χ1v) is 8.30. The molecule has 0 aromatic heterocycles. The number of hydrogen-bond donors (Lipinski definition) is 1. The molecule has 2 aromatic rings. The zero-order valence-electron chi connectivity index (χ0n) is 15.6. The van der Waals surface area contributed by atoms with E-state index in [0.29, 0.717) is 10.9 Å². The van der Waals surface area contributed by atoms with E-state index in [0.717, 1.165) is 22.5 Å². The van der Waals surface area contributed by atoms with Crippen LogP contribution in [-0.4, -0.2) is 15.7 Å². The second-order valence-electron chi connectivity index (χ2n) is 7.61. The molecule has 0 spiro atoms. The monoisotopic (exact) mass is 313 g/mol. The maximum atomic E-state index is 6.04. The summed E-state index contributed by atoms with van der Waals surface area (Å²) < 4.78 is 0. The first kappa shape index (κ1) is 18.4. The number of nitrogens with one attached hydrogen (secondary N) is 1. The van der Waals surface area contributed by atoms with Gasteiger partial charge in [0.2, 0.25) is 0 Å². The lowest BCUT2D eigenvalue weighted by atomic mass is 9.83. The molecule has 24 heavy (non-hydrogen) atoms. The molecule has 120 valence electrons. The lowest BCUT2D eigenvalue weighted by molar-refractivity contribution is 0.590. The van der Waals surface area contributed by atoms with Crippen LogP contribution in [0.4, 0.5) is 5.69 Å². The Bertz CT molecular complexity index is 762. The minimum Gasteiger partial charge on any atom is -0.355 e. The molecule has 2 aromatic carbocycles. The molecular weight excluding hydrogens is 288 g/mol. The molecule has 0 saturated heterocycles. The van der Waals surface area contributed by atoms with Crippen molar-refractivity contribution in [3.8, 4) is 0 Å². The number of hydrogen-bond acceptors (Lipinski definition) is 1. The van der Waals surface area contributed by atoms with Crippen LogP contribution in [0.5, 0.6) is 0 Å². The van der Waals surface area contributed by atoms with E-state index in [4.69, 9.17) is 15.7 Å². The molecule has 0 bridgehead atoms. The Morgan fingerprint density at radius 1 is 0.958 bits per heavy atom. The summed E-state index contributed by atoms with van der Waals surface area (Å²) in [4.78, 5) is 0. The fourth-order valence-corrected chi connectivity index (χ4v) is 2.65. The van der Waals surface area contributed by atoms with Gasteiger partial charge in [0.25, 0.3) is 0 Å². The predicted octanol–water partition coefficient (Wildman–Crippen LogP) is 3.74. The van der Waals surface area contributed by atoms with Gasteiger partial charge < -0.3 is 5.32 Å². The van der Waals surface area contributed by atoms with Gasteiger partial charge in [-0.1, -0.05) is 67.6 Å². The lowest BCUT2D eigenvalue weighted by Gasteiger charge is -2.21. The molecule has 0 aliphatic rings. The van der Waals surface area contributed by atoms with Crippen LogP contribution < -0.4 is 16.2 Å². The minimum absolute atomic E-state index is 0.149. The van der Waals surface area contributed by atoms with Crippen LogP contribution in [-0.2, 0) is 5.41 Å². The molecule has 3 heteroatoms. The summed E-state index contributed by atoms with van der Waals surface area (Å²) >= 11 is 0. The van der Waals surface area contributed by atoms with E-state index >= 15 is 0 Å². The maximum absolute atomic E-state index is 6.04. The summed E-state index contributed by atoms with van der Waals surface area (Å²) in [6.45, 7) is 12.9. The van der Waals surface area contributed by atoms with Crippen LogP contribution in [0.3, 0.4) is 0 Å². The average Bonchev–Trinajstić information content (AvgIpc) is 2.48. The molecule has 0 aliphatic heterocycles. The van der Waals surface area contributed by atoms with Gasteiger partial charge in [-0.3, -0.25) is 0 Å². The maximum Gasteiger partial charge on any atom is 0.114 e. The van der Waals surface area contributed by atoms with Gasteiger partial charge in [0.15, 0.2) is 0 Å². The SMILES string of the molecule is [B]c1cc([B])c(C)c(NC(=C(C)C)c2ccc(C(C)(C)C)cc2)c1. The van der Waals surface area contributed by atoms with E-state index in [1.54, 1.807) is 6.07 Å². The summed E-state index contributed by atoms with van der Waals surface area (Å²) in [5, 5.41) is 3.52. The molecule has 0 aliphatic carbocycles. The highest BCUT2D eigenvalue weighted by atomic mass is 14.9. The van der Waals surface area contributed by atoms with Crippen molar-refractivity contribution in [3.05, 3.63) is 58.7 Å².